The highest BCUT2D eigenvalue weighted by Crippen LogP contribution is 2.09. The highest BCUT2D eigenvalue weighted by atomic mass is 16.2. The van der Waals surface area contributed by atoms with Crippen LogP contribution in [0.4, 0.5) is 5.95 Å². The number of piperazine rings is 1. The van der Waals surface area contributed by atoms with Crippen LogP contribution in [-0.4, -0.2) is 58.3 Å². The summed E-state index contributed by atoms with van der Waals surface area (Å²) in [6.45, 7) is 2.75. The number of nitrogens with zero attached hydrogens (tertiary/aromatic N) is 4. The number of aromatic nitrogens is 2. The highest BCUT2D eigenvalue weighted by molar-refractivity contribution is 5.92. The molecule has 0 saturated carbocycles. The number of carbonyl (C=O) groups excluding carboxylic acids is 2. The molecule has 1 fully saturated rings. The second-order valence-corrected chi connectivity index (χ2v) is 5.54. The number of anilines is 1. The van der Waals surface area contributed by atoms with Crippen molar-refractivity contribution in [2.45, 2.75) is 6.54 Å². The first-order chi connectivity index (χ1) is 11.8. The molecule has 1 N–H and O–H groups in total. The molecule has 1 aromatic carbocycles. The Kier molecular flexibility index (Phi) is 5.00. The summed E-state index contributed by atoms with van der Waals surface area (Å²) in [6.07, 6.45) is 2.40. The van der Waals surface area contributed by atoms with E-state index >= 15 is 0 Å². The van der Waals surface area contributed by atoms with E-state index in [1.54, 1.807) is 22.1 Å². The molecule has 0 bridgehead atoms. The molecule has 2 heterocycles. The summed E-state index contributed by atoms with van der Waals surface area (Å²) < 4.78 is 0. The first kappa shape index (κ1) is 15.9. The van der Waals surface area contributed by atoms with Gasteiger partial charge in [-0.15, -0.1) is 0 Å². The number of rotatable bonds is 5. The fraction of sp³-hybridized carbons (Fsp3) is 0.294. The van der Waals surface area contributed by atoms with Gasteiger partial charge in [0, 0.05) is 38.9 Å². The Hall–Kier alpha value is -2.96. The number of hydrogen-bond donors (Lipinski definition) is 1. The van der Waals surface area contributed by atoms with Crippen LogP contribution in [0.3, 0.4) is 0 Å². The van der Waals surface area contributed by atoms with E-state index in [-0.39, 0.29) is 5.91 Å². The third kappa shape index (κ3) is 3.87. The molecular formula is C17H19N5O2. The Labute approximate surface area is 140 Å². The number of hydrogen-bond acceptors (Lipinski definition) is 5. The van der Waals surface area contributed by atoms with Crippen LogP contribution in [0.5, 0.6) is 0 Å². The lowest BCUT2D eigenvalue weighted by Crippen LogP contribution is -2.48. The van der Waals surface area contributed by atoms with Crippen molar-refractivity contribution in [1.29, 1.82) is 0 Å². The van der Waals surface area contributed by atoms with Crippen molar-refractivity contribution in [2.75, 3.05) is 31.5 Å². The maximum absolute atomic E-state index is 12.5. The van der Waals surface area contributed by atoms with Crippen molar-refractivity contribution in [1.82, 2.24) is 19.8 Å². The average molecular weight is 325 g/mol. The number of benzene rings is 1. The topological polar surface area (TPSA) is 78.4 Å². The van der Waals surface area contributed by atoms with E-state index < -0.39 is 0 Å². The van der Waals surface area contributed by atoms with Crippen LogP contribution in [0.2, 0.25) is 0 Å². The van der Waals surface area contributed by atoms with Gasteiger partial charge in [-0.1, -0.05) is 30.3 Å². The first-order valence-electron chi connectivity index (χ1n) is 7.86. The first-order valence-corrected chi connectivity index (χ1v) is 7.86. The lowest BCUT2D eigenvalue weighted by molar-refractivity contribution is -0.119. The second kappa shape index (κ2) is 7.54. The fourth-order valence-electron chi connectivity index (χ4n) is 2.53. The molecule has 1 aromatic heterocycles. The Morgan fingerprint density at radius 3 is 2.58 bits per heavy atom. The molecular weight excluding hydrogens is 306 g/mol. The quantitative estimate of drug-likeness (QED) is 0.830. The fourth-order valence-corrected chi connectivity index (χ4v) is 2.53. The molecule has 3 rings (SSSR count). The molecule has 24 heavy (non-hydrogen) atoms. The van der Waals surface area contributed by atoms with E-state index in [0.717, 1.165) is 12.0 Å². The zero-order valence-electron chi connectivity index (χ0n) is 13.3. The van der Waals surface area contributed by atoms with Gasteiger partial charge >= 0.3 is 0 Å². The summed E-state index contributed by atoms with van der Waals surface area (Å²) in [5.74, 6) is 0.293. The van der Waals surface area contributed by atoms with Gasteiger partial charge < -0.3 is 15.1 Å². The van der Waals surface area contributed by atoms with Crippen LogP contribution < -0.4 is 5.32 Å². The summed E-state index contributed by atoms with van der Waals surface area (Å²) in [5.41, 5.74) is 1.47. The Balaban J connectivity index is 1.62. The highest BCUT2D eigenvalue weighted by Gasteiger charge is 2.22. The van der Waals surface area contributed by atoms with E-state index in [2.05, 4.69) is 15.3 Å². The van der Waals surface area contributed by atoms with E-state index in [1.165, 1.54) is 0 Å². The molecule has 7 nitrogen and oxygen atoms in total. The van der Waals surface area contributed by atoms with Crippen LogP contribution in [0, 0.1) is 0 Å². The minimum atomic E-state index is -0.134. The molecule has 0 radical (unpaired) electrons. The van der Waals surface area contributed by atoms with Gasteiger partial charge in [0.1, 0.15) is 5.69 Å². The van der Waals surface area contributed by atoms with Crippen molar-refractivity contribution < 1.29 is 9.59 Å². The Morgan fingerprint density at radius 1 is 1.12 bits per heavy atom. The van der Waals surface area contributed by atoms with Gasteiger partial charge in [-0.05, 0) is 11.6 Å². The molecule has 0 aliphatic carbocycles. The maximum Gasteiger partial charge on any atom is 0.272 e. The van der Waals surface area contributed by atoms with Gasteiger partial charge in [-0.25, -0.2) is 9.97 Å². The van der Waals surface area contributed by atoms with Crippen molar-refractivity contribution in [2.24, 2.45) is 0 Å². The zero-order valence-corrected chi connectivity index (χ0v) is 13.3. The summed E-state index contributed by atoms with van der Waals surface area (Å²) >= 11 is 0. The number of amides is 2. The smallest absolute Gasteiger partial charge is 0.272 e. The maximum atomic E-state index is 12.5. The molecule has 1 aliphatic rings. The van der Waals surface area contributed by atoms with E-state index in [9.17, 15) is 9.59 Å². The molecule has 0 atom stereocenters. The minimum Gasteiger partial charge on any atom is -0.350 e. The zero-order chi connectivity index (χ0) is 16.8. The van der Waals surface area contributed by atoms with Gasteiger partial charge in [-0.3, -0.25) is 9.59 Å². The summed E-state index contributed by atoms with van der Waals surface area (Å²) in [5, 5.41) is 3.13. The lowest BCUT2D eigenvalue weighted by atomic mass is 10.2. The third-order valence-electron chi connectivity index (χ3n) is 3.92. The van der Waals surface area contributed by atoms with Gasteiger partial charge in [0.05, 0.1) is 0 Å². The second-order valence-electron chi connectivity index (χ2n) is 5.54. The molecule has 1 saturated heterocycles. The number of carbonyl (C=O) groups is 2. The standard InChI is InChI=1S/C17H19N5O2/c23-13-21-8-10-22(11-9-21)16(24)15-6-7-18-17(20-15)19-12-14-4-2-1-3-5-14/h1-7,13H,8-12H2,(H,18,19,20). The summed E-state index contributed by atoms with van der Waals surface area (Å²) in [7, 11) is 0. The summed E-state index contributed by atoms with van der Waals surface area (Å²) in [4.78, 5) is 35.1. The van der Waals surface area contributed by atoms with Crippen LogP contribution in [0.15, 0.2) is 42.6 Å². The van der Waals surface area contributed by atoms with Crippen molar-refractivity contribution >= 4 is 18.3 Å². The third-order valence-corrected chi connectivity index (χ3v) is 3.92. The van der Waals surface area contributed by atoms with Crippen LogP contribution in [-0.2, 0) is 11.3 Å². The molecule has 2 amide bonds. The van der Waals surface area contributed by atoms with E-state index in [0.29, 0.717) is 44.4 Å². The Morgan fingerprint density at radius 2 is 1.88 bits per heavy atom. The van der Waals surface area contributed by atoms with Gasteiger partial charge in [0.15, 0.2) is 0 Å². The monoisotopic (exact) mass is 325 g/mol. The van der Waals surface area contributed by atoms with Crippen LogP contribution in [0.1, 0.15) is 16.1 Å². The van der Waals surface area contributed by atoms with E-state index in [4.69, 9.17) is 0 Å². The molecule has 0 unspecified atom stereocenters. The van der Waals surface area contributed by atoms with Crippen molar-refractivity contribution in [3.63, 3.8) is 0 Å². The predicted octanol–water partition coefficient (Wildman–Crippen LogP) is 1.00. The molecule has 2 aromatic rings. The SMILES string of the molecule is O=CN1CCN(C(=O)c2ccnc(NCc3ccccc3)n2)CC1. The van der Waals surface area contributed by atoms with E-state index in [1.807, 2.05) is 30.3 Å². The molecule has 0 spiro atoms. The predicted molar refractivity (Wildman–Crippen MR) is 89.3 cm³/mol. The van der Waals surface area contributed by atoms with Gasteiger partial charge in [0.2, 0.25) is 12.4 Å². The minimum absolute atomic E-state index is 0.134. The van der Waals surface area contributed by atoms with Crippen molar-refractivity contribution in [3.8, 4) is 0 Å². The number of nitrogens with one attached hydrogen (secondary N) is 1. The van der Waals surface area contributed by atoms with Crippen molar-refractivity contribution in [3.05, 3.63) is 53.9 Å². The normalized spacial score (nSPS) is 14.3. The van der Waals surface area contributed by atoms with Gasteiger partial charge in [0.25, 0.3) is 5.91 Å². The largest absolute Gasteiger partial charge is 0.350 e. The molecule has 1 aliphatic heterocycles. The van der Waals surface area contributed by atoms with Crippen LogP contribution in [0.25, 0.3) is 0 Å². The molecule has 7 heteroatoms. The average Bonchev–Trinajstić information content (AvgIpc) is 2.67. The Bertz CT molecular complexity index is 699. The van der Waals surface area contributed by atoms with Gasteiger partial charge in [-0.2, -0.15) is 0 Å². The lowest BCUT2D eigenvalue weighted by Gasteiger charge is -2.32. The molecule has 124 valence electrons. The summed E-state index contributed by atoms with van der Waals surface area (Å²) in [6, 6.07) is 11.5. The van der Waals surface area contributed by atoms with Crippen LogP contribution >= 0.6 is 0 Å².